The van der Waals surface area contributed by atoms with Gasteiger partial charge in [0, 0.05) is 25.8 Å². The summed E-state index contributed by atoms with van der Waals surface area (Å²) >= 11 is 0. The van der Waals surface area contributed by atoms with Crippen molar-refractivity contribution in [3.05, 3.63) is 101 Å². The Balaban J connectivity index is 1.23. The number of likely N-dealkylation sites (N-methyl/N-ethyl adjacent to an activating group) is 1. The molecule has 3 aromatic rings. The Labute approximate surface area is 292 Å². The van der Waals surface area contributed by atoms with Gasteiger partial charge in [-0.2, -0.15) is 0 Å². The maximum absolute atomic E-state index is 13.2. The van der Waals surface area contributed by atoms with Crippen molar-refractivity contribution in [1.82, 2.24) is 4.90 Å². The molecule has 0 unspecified atom stereocenters. The summed E-state index contributed by atoms with van der Waals surface area (Å²) in [6, 6.07) is 21.2. The van der Waals surface area contributed by atoms with Crippen molar-refractivity contribution in [2.75, 3.05) is 13.7 Å². The molecule has 0 aliphatic heterocycles. The molecule has 0 radical (unpaired) electrons. The zero-order valence-electron chi connectivity index (χ0n) is 29.1. The molecular weight excluding hydrogens is 636 g/mol. The average molecular weight is 681 g/mol. The number of aliphatic hydroxyl groups is 1. The number of carbonyl (C=O) groups excluding carboxylic acids is 3. The first-order chi connectivity index (χ1) is 23.7. The van der Waals surface area contributed by atoms with Gasteiger partial charge in [-0.25, -0.2) is 9.59 Å². The van der Waals surface area contributed by atoms with E-state index < -0.39 is 30.5 Å². The van der Waals surface area contributed by atoms with Gasteiger partial charge in [0.25, 0.3) is 0 Å². The largest absolute Gasteiger partial charge is 0.511 e. The number of ketones is 1. The van der Waals surface area contributed by atoms with Crippen molar-refractivity contribution in [3.8, 4) is 11.1 Å². The maximum Gasteiger partial charge on any atom is 0.410 e. The lowest BCUT2D eigenvalue weighted by atomic mass is 9.75. The number of aliphatic carboxylic acids is 1. The minimum Gasteiger partial charge on any atom is -0.511 e. The van der Waals surface area contributed by atoms with Crippen molar-refractivity contribution >= 4 is 35.2 Å². The molecule has 0 aromatic heterocycles. The van der Waals surface area contributed by atoms with E-state index in [1.165, 1.54) is 7.05 Å². The van der Waals surface area contributed by atoms with Crippen LogP contribution >= 0.6 is 0 Å². The van der Waals surface area contributed by atoms with Crippen LogP contribution in [0.1, 0.15) is 76.0 Å². The zero-order chi connectivity index (χ0) is 36.2. The summed E-state index contributed by atoms with van der Waals surface area (Å²) in [6.45, 7) is 7.78. The molecule has 2 N–H and O–H groups in total. The number of Topliss-reactive ketones (excluding diaryl/α,β-unsaturated/α-hetero) is 1. The standard InChI is InChI=1S/C40H44N2O8/c1-24(2)18-32(37-34(43)20-40(3,4)21-35(37)44)41-26-16-14-25(15-17-26)22-49-38(47)33(19-36(45)46)42(5)39(48)50-23-31-29-12-8-6-10-27(29)28-11-7-9-13-30(28)31/h6-17,24,31,33,43H,18-23H2,1-5H3,(H,45,46)/t33-/m0/s1. The van der Waals surface area contributed by atoms with Gasteiger partial charge in [-0.1, -0.05) is 88.4 Å². The smallest absolute Gasteiger partial charge is 0.410 e. The molecule has 10 heteroatoms. The molecule has 2 aliphatic rings. The lowest BCUT2D eigenvalue weighted by Crippen LogP contribution is -2.45. The number of carboxylic acid groups (broad SMARTS) is 1. The monoisotopic (exact) mass is 680 g/mol. The van der Waals surface area contributed by atoms with E-state index in [-0.39, 0.29) is 42.0 Å². The third-order valence-corrected chi connectivity index (χ3v) is 9.06. The van der Waals surface area contributed by atoms with Gasteiger partial charge in [0.2, 0.25) is 0 Å². The van der Waals surface area contributed by atoms with Crippen molar-refractivity contribution in [3.63, 3.8) is 0 Å². The van der Waals surface area contributed by atoms with Crippen LogP contribution in [0.2, 0.25) is 0 Å². The number of esters is 1. The summed E-state index contributed by atoms with van der Waals surface area (Å²) in [5.74, 6) is -2.22. The van der Waals surface area contributed by atoms with E-state index in [1.807, 2.05) is 76.2 Å². The Hall–Kier alpha value is -5.25. The van der Waals surface area contributed by atoms with Gasteiger partial charge in [-0.15, -0.1) is 0 Å². The molecule has 1 atom stereocenters. The fourth-order valence-corrected chi connectivity index (χ4v) is 6.65. The lowest BCUT2D eigenvalue weighted by molar-refractivity contribution is -0.154. The average Bonchev–Trinajstić information content (AvgIpc) is 3.37. The van der Waals surface area contributed by atoms with Gasteiger partial charge in [0.05, 0.1) is 23.4 Å². The van der Waals surface area contributed by atoms with Crippen molar-refractivity contribution in [2.45, 2.75) is 71.9 Å². The molecule has 0 spiro atoms. The number of hydrogen-bond donors (Lipinski definition) is 2. The molecule has 10 nitrogen and oxygen atoms in total. The molecule has 3 aromatic carbocycles. The Morgan fingerprint density at radius 1 is 0.900 bits per heavy atom. The number of benzene rings is 3. The number of amides is 1. The number of rotatable bonds is 12. The highest BCUT2D eigenvalue weighted by Gasteiger charge is 2.36. The fourth-order valence-electron chi connectivity index (χ4n) is 6.65. The third kappa shape index (κ3) is 8.30. The first-order valence-electron chi connectivity index (χ1n) is 16.8. The number of fused-ring (bicyclic) bond motifs is 3. The van der Waals surface area contributed by atoms with Crippen LogP contribution in [0.15, 0.2) is 89.1 Å². The molecule has 1 amide bonds. The van der Waals surface area contributed by atoms with Crippen LogP contribution in [0.4, 0.5) is 10.5 Å². The summed E-state index contributed by atoms with van der Waals surface area (Å²) in [6.07, 6.45) is -0.268. The number of allylic oxidation sites excluding steroid dienone is 2. The maximum atomic E-state index is 13.2. The van der Waals surface area contributed by atoms with Gasteiger partial charge in [0.1, 0.15) is 25.0 Å². The molecule has 0 heterocycles. The zero-order valence-corrected chi connectivity index (χ0v) is 29.1. The molecule has 5 rings (SSSR count). The highest BCUT2D eigenvalue weighted by Crippen LogP contribution is 2.44. The van der Waals surface area contributed by atoms with Crippen LogP contribution in [0.25, 0.3) is 11.1 Å². The van der Waals surface area contributed by atoms with E-state index in [9.17, 15) is 29.4 Å². The highest BCUT2D eigenvalue weighted by molar-refractivity contribution is 6.23. The first-order valence-corrected chi connectivity index (χ1v) is 16.8. The number of ether oxygens (including phenoxy) is 2. The third-order valence-electron chi connectivity index (χ3n) is 9.06. The Kier molecular flexibility index (Phi) is 10.9. The molecule has 262 valence electrons. The van der Waals surface area contributed by atoms with Crippen LogP contribution in [0.5, 0.6) is 0 Å². The van der Waals surface area contributed by atoms with E-state index in [4.69, 9.17) is 14.5 Å². The van der Waals surface area contributed by atoms with Crippen LogP contribution in [-0.4, -0.2) is 64.3 Å². The van der Waals surface area contributed by atoms with Gasteiger partial charge in [0.15, 0.2) is 5.78 Å². The van der Waals surface area contributed by atoms with Crippen molar-refractivity contribution < 1.29 is 38.9 Å². The summed E-state index contributed by atoms with van der Waals surface area (Å²) < 4.78 is 11.1. The molecule has 0 fully saturated rings. The lowest BCUT2D eigenvalue weighted by Gasteiger charge is -2.30. The van der Waals surface area contributed by atoms with Crippen LogP contribution in [0, 0.1) is 11.3 Å². The van der Waals surface area contributed by atoms with E-state index in [2.05, 4.69) is 0 Å². The fraction of sp³-hybridized carbons (Fsp3) is 0.375. The van der Waals surface area contributed by atoms with E-state index in [0.29, 0.717) is 41.8 Å². The second kappa shape index (κ2) is 15.1. The van der Waals surface area contributed by atoms with Gasteiger partial charge in [-0.3, -0.25) is 19.5 Å². The van der Waals surface area contributed by atoms with Gasteiger partial charge >= 0.3 is 18.0 Å². The van der Waals surface area contributed by atoms with E-state index >= 15 is 0 Å². The number of hydrogen-bond acceptors (Lipinski definition) is 8. The predicted octanol–water partition coefficient (Wildman–Crippen LogP) is 7.77. The summed E-state index contributed by atoms with van der Waals surface area (Å²) in [4.78, 5) is 56.7. The predicted molar refractivity (Wildman–Crippen MR) is 189 cm³/mol. The quantitative estimate of drug-likeness (QED) is 0.146. The number of carboxylic acids is 1. The van der Waals surface area contributed by atoms with Gasteiger partial charge < -0.3 is 19.7 Å². The second-order valence-corrected chi connectivity index (χ2v) is 14.2. The van der Waals surface area contributed by atoms with Crippen molar-refractivity contribution in [1.29, 1.82) is 0 Å². The van der Waals surface area contributed by atoms with Crippen LogP contribution in [0.3, 0.4) is 0 Å². The topological polar surface area (TPSA) is 143 Å². The molecule has 0 saturated heterocycles. The van der Waals surface area contributed by atoms with Gasteiger partial charge in [-0.05, 0) is 57.7 Å². The number of aliphatic hydroxyl groups excluding tert-OH is 1. The second-order valence-electron chi connectivity index (χ2n) is 14.2. The Morgan fingerprint density at radius 2 is 1.50 bits per heavy atom. The SMILES string of the molecule is CC(C)CC(=Nc1ccc(COC(=O)[C@H](CC(=O)O)N(C)C(=O)OCC2c3ccccc3-c3ccccc32)cc1)C1=C(O)CC(C)(C)CC1=O. The van der Waals surface area contributed by atoms with E-state index in [0.717, 1.165) is 27.2 Å². The normalized spacial score (nSPS) is 16.1. The molecule has 50 heavy (non-hydrogen) atoms. The molecular formula is C40H44N2O8. The summed E-state index contributed by atoms with van der Waals surface area (Å²) in [5, 5.41) is 20.3. The first kappa shape index (κ1) is 36.0. The highest BCUT2D eigenvalue weighted by atomic mass is 16.6. The Bertz CT molecular complexity index is 1790. The molecule has 0 bridgehead atoms. The number of nitrogens with zero attached hydrogens (tertiary/aromatic N) is 2. The Morgan fingerprint density at radius 3 is 2.06 bits per heavy atom. The molecule has 0 saturated carbocycles. The summed E-state index contributed by atoms with van der Waals surface area (Å²) in [5.41, 5.74) is 5.87. The van der Waals surface area contributed by atoms with Crippen molar-refractivity contribution in [2.24, 2.45) is 16.3 Å². The van der Waals surface area contributed by atoms with Crippen LogP contribution < -0.4 is 0 Å². The summed E-state index contributed by atoms with van der Waals surface area (Å²) in [7, 11) is 1.32. The minimum atomic E-state index is -1.41. The molecule has 2 aliphatic carbocycles. The van der Waals surface area contributed by atoms with E-state index in [1.54, 1.807) is 24.3 Å². The number of aliphatic imine (C=N–C) groups is 1. The minimum absolute atomic E-state index is 0.0167. The van der Waals surface area contributed by atoms with Crippen LogP contribution in [-0.2, 0) is 30.5 Å². The number of carbonyl (C=O) groups is 4.